The van der Waals surface area contributed by atoms with E-state index in [9.17, 15) is 0 Å². The fourth-order valence-corrected chi connectivity index (χ4v) is 1.90. The maximum Gasteiger partial charge on any atom is 0.168 e. The van der Waals surface area contributed by atoms with Crippen LogP contribution in [0.1, 0.15) is 25.5 Å². The van der Waals surface area contributed by atoms with E-state index in [1.807, 2.05) is 56.3 Å². The highest BCUT2D eigenvalue weighted by Gasteiger charge is 2.09. The fraction of sp³-hybridized carbons (Fsp3) is 0.312. The smallest absolute Gasteiger partial charge is 0.168 e. The molecule has 0 amide bonds. The van der Waals surface area contributed by atoms with Gasteiger partial charge in [-0.05, 0) is 31.5 Å². The van der Waals surface area contributed by atoms with Crippen molar-refractivity contribution in [2.24, 2.45) is 5.73 Å². The molecule has 0 aliphatic rings. The van der Waals surface area contributed by atoms with Crippen molar-refractivity contribution in [3.8, 4) is 5.75 Å². The van der Waals surface area contributed by atoms with Crippen LogP contribution in [0.25, 0.3) is 0 Å². The van der Waals surface area contributed by atoms with Crippen molar-refractivity contribution in [2.45, 2.75) is 26.0 Å². The lowest BCUT2D eigenvalue weighted by atomic mass is 10.1. The van der Waals surface area contributed by atoms with E-state index in [1.54, 1.807) is 6.20 Å². The lowest BCUT2D eigenvalue weighted by Crippen LogP contribution is -2.21. The molecule has 1 heterocycles. The van der Waals surface area contributed by atoms with Gasteiger partial charge in [-0.15, -0.1) is 0 Å². The molecule has 1 aromatic heterocycles. The summed E-state index contributed by atoms with van der Waals surface area (Å²) in [5, 5.41) is 3.26. The van der Waals surface area contributed by atoms with Gasteiger partial charge in [-0.2, -0.15) is 0 Å². The number of pyridine rings is 1. The molecule has 20 heavy (non-hydrogen) atoms. The number of nitrogens with one attached hydrogen (secondary N) is 1. The van der Waals surface area contributed by atoms with Gasteiger partial charge in [0.25, 0.3) is 0 Å². The molecule has 1 unspecified atom stereocenters. The van der Waals surface area contributed by atoms with Crippen LogP contribution in [0.3, 0.4) is 0 Å². The highest BCUT2D eigenvalue weighted by atomic mass is 16.5. The third kappa shape index (κ3) is 3.96. The molecule has 0 bridgehead atoms. The third-order valence-corrected chi connectivity index (χ3v) is 2.85. The standard InChI is InChI=1S/C16H21N3O/c1-12(2)20-15-9-6-10-18-16(15)19-11-14(17)13-7-4-3-5-8-13/h3-10,12,14H,11,17H2,1-2H3,(H,18,19). The highest BCUT2D eigenvalue weighted by Crippen LogP contribution is 2.22. The van der Waals surface area contributed by atoms with Gasteiger partial charge in [0.2, 0.25) is 0 Å². The summed E-state index contributed by atoms with van der Waals surface area (Å²) in [5.41, 5.74) is 7.26. The van der Waals surface area contributed by atoms with E-state index in [4.69, 9.17) is 10.5 Å². The summed E-state index contributed by atoms with van der Waals surface area (Å²) in [7, 11) is 0. The molecule has 2 rings (SSSR count). The first-order valence-electron chi connectivity index (χ1n) is 6.83. The molecule has 0 aliphatic carbocycles. The van der Waals surface area contributed by atoms with E-state index in [1.165, 1.54) is 0 Å². The Hall–Kier alpha value is -2.07. The van der Waals surface area contributed by atoms with Crippen molar-refractivity contribution in [3.63, 3.8) is 0 Å². The minimum atomic E-state index is -0.0786. The lowest BCUT2D eigenvalue weighted by Gasteiger charge is -2.17. The Morgan fingerprint density at radius 2 is 1.90 bits per heavy atom. The van der Waals surface area contributed by atoms with Crippen molar-refractivity contribution in [3.05, 3.63) is 54.2 Å². The van der Waals surface area contributed by atoms with Crippen LogP contribution < -0.4 is 15.8 Å². The van der Waals surface area contributed by atoms with Gasteiger partial charge in [0.1, 0.15) is 0 Å². The molecule has 0 saturated heterocycles. The van der Waals surface area contributed by atoms with Crippen LogP contribution in [0.2, 0.25) is 0 Å². The Kier molecular flexibility index (Phi) is 4.96. The van der Waals surface area contributed by atoms with Gasteiger partial charge in [-0.1, -0.05) is 30.3 Å². The molecule has 3 N–H and O–H groups in total. The number of rotatable bonds is 6. The van der Waals surface area contributed by atoms with Gasteiger partial charge >= 0.3 is 0 Å². The number of hydrogen-bond donors (Lipinski definition) is 2. The zero-order chi connectivity index (χ0) is 14.4. The zero-order valence-corrected chi connectivity index (χ0v) is 11.9. The second-order valence-electron chi connectivity index (χ2n) is 4.91. The summed E-state index contributed by atoms with van der Waals surface area (Å²) in [5.74, 6) is 1.48. The molecule has 106 valence electrons. The van der Waals surface area contributed by atoms with Crippen LogP contribution in [0, 0.1) is 0 Å². The van der Waals surface area contributed by atoms with Gasteiger partial charge in [-0.25, -0.2) is 4.98 Å². The number of benzene rings is 1. The summed E-state index contributed by atoms with van der Waals surface area (Å²) in [4.78, 5) is 4.31. The summed E-state index contributed by atoms with van der Waals surface area (Å²) in [6.07, 6.45) is 1.85. The van der Waals surface area contributed by atoms with Gasteiger partial charge in [0.05, 0.1) is 6.10 Å². The van der Waals surface area contributed by atoms with E-state index in [0.29, 0.717) is 6.54 Å². The Morgan fingerprint density at radius 3 is 2.60 bits per heavy atom. The molecule has 0 radical (unpaired) electrons. The van der Waals surface area contributed by atoms with Crippen LogP contribution in [-0.2, 0) is 0 Å². The predicted molar refractivity (Wildman–Crippen MR) is 81.9 cm³/mol. The molecular weight excluding hydrogens is 250 g/mol. The SMILES string of the molecule is CC(C)Oc1cccnc1NCC(N)c1ccccc1. The Morgan fingerprint density at radius 1 is 1.15 bits per heavy atom. The van der Waals surface area contributed by atoms with E-state index in [-0.39, 0.29) is 12.1 Å². The molecule has 0 aliphatic heterocycles. The zero-order valence-electron chi connectivity index (χ0n) is 11.9. The van der Waals surface area contributed by atoms with Crippen molar-refractivity contribution in [1.29, 1.82) is 0 Å². The fourth-order valence-electron chi connectivity index (χ4n) is 1.90. The summed E-state index contributed by atoms with van der Waals surface area (Å²) in [6.45, 7) is 4.59. The van der Waals surface area contributed by atoms with E-state index >= 15 is 0 Å². The molecule has 4 heteroatoms. The Bertz CT molecular complexity index is 528. The minimum Gasteiger partial charge on any atom is -0.487 e. The van der Waals surface area contributed by atoms with Crippen molar-refractivity contribution < 1.29 is 4.74 Å². The monoisotopic (exact) mass is 271 g/mol. The maximum absolute atomic E-state index is 6.16. The van der Waals surface area contributed by atoms with E-state index in [2.05, 4.69) is 10.3 Å². The van der Waals surface area contributed by atoms with Crippen LogP contribution in [0.4, 0.5) is 5.82 Å². The number of aromatic nitrogens is 1. The highest BCUT2D eigenvalue weighted by molar-refractivity contribution is 5.49. The maximum atomic E-state index is 6.16. The number of hydrogen-bond acceptors (Lipinski definition) is 4. The van der Waals surface area contributed by atoms with Crippen LogP contribution in [0.5, 0.6) is 5.75 Å². The van der Waals surface area contributed by atoms with Crippen molar-refractivity contribution >= 4 is 5.82 Å². The molecule has 0 spiro atoms. The molecule has 2 aromatic rings. The Balaban J connectivity index is 2.00. The largest absolute Gasteiger partial charge is 0.487 e. The van der Waals surface area contributed by atoms with Gasteiger partial charge in [0.15, 0.2) is 11.6 Å². The van der Waals surface area contributed by atoms with Gasteiger partial charge in [0, 0.05) is 18.8 Å². The first kappa shape index (κ1) is 14.3. The molecule has 4 nitrogen and oxygen atoms in total. The number of anilines is 1. The second kappa shape index (κ2) is 6.91. The number of ether oxygens (including phenoxy) is 1. The molecule has 0 fully saturated rings. The average Bonchev–Trinajstić information content (AvgIpc) is 2.46. The van der Waals surface area contributed by atoms with Crippen molar-refractivity contribution in [1.82, 2.24) is 4.98 Å². The average molecular weight is 271 g/mol. The van der Waals surface area contributed by atoms with E-state index in [0.717, 1.165) is 17.1 Å². The summed E-state index contributed by atoms with van der Waals surface area (Å²) >= 11 is 0. The van der Waals surface area contributed by atoms with Crippen molar-refractivity contribution in [2.75, 3.05) is 11.9 Å². The van der Waals surface area contributed by atoms with Gasteiger partial charge < -0.3 is 15.8 Å². The van der Waals surface area contributed by atoms with Crippen LogP contribution >= 0.6 is 0 Å². The molecule has 1 aromatic carbocycles. The second-order valence-corrected chi connectivity index (χ2v) is 4.91. The Labute approximate surface area is 120 Å². The first-order chi connectivity index (χ1) is 9.66. The summed E-state index contributed by atoms with van der Waals surface area (Å²) < 4.78 is 5.72. The predicted octanol–water partition coefficient (Wildman–Crippen LogP) is 2.98. The lowest BCUT2D eigenvalue weighted by molar-refractivity contribution is 0.243. The summed E-state index contributed by atoms with van der Waals surface area (Å²) in [6, 6.07) is 13.7. The number of nitrogens with two attached hydrogens (primary N) is 1. The number of nitrogens with zero attached hydrogens (tertiary/aromatic N) is 1. The first-order valence-corrected chi connectivity index (χ1v) is 6.83. The normalized spacial score (nSPS) is 12.2. The molecular formula is C16H21N3O. The van der Waals surface area contributed by atoms with E-state index < -0.39 is 0 Å². The van der Waals surface area contributed by atoms with Crippen LogP contribution in [-0.4, -0.2) is 17.6 Å². The molecule has 0 saturated carbocycles. The third-order valence-electron chi connectivity index (χ3n) is 2.85. The quantitative estimate of drug-likeness (QED) is 0.848. The van der Waals surface area contributed by atoms with Crippen LogP contribution in [0.15, 0.2) is 48.7 Å². The topological polar surface area (TPSA) is 60.2 Å². The minimum absolute atomic E-state index is 0.0786. The van der Waals surface area contributed by atoms with Gasteiger partial charge in [-0.3, -0.25) is 0 Å². The molecule has 1 atom stereocenters.